The van der Waals surface area contributed by atoms with Gasteiger partial charge >= 0.3 is 19.8 Å². The fraction of sp³-hybridized carbons (Fsp3) is 0.649. The number of hydrogen-bond acceptors (Lipinski definition) is 7. The summed E-state index contributed by atoms with van der Waals surface area (Å²) in [7, 11) is 1.46. The Balaban J connectivity index is 4.14. The van der Waals surface area contributed by atoms with E-state index in [0.717, 1.165) is 122 Å². The molecule has 0 heterocycles. The van der Waals surface area contributed by atoms with E-state index in [0.29, 0.717) is 17.4 Å². The predicted octanol–water partition coefficient (Wildman–Crippen LogP) is 21.8. The lowest BCUT2D eigenvalue weighted by Gasteiger charge is -2.24. The molecule has 0 aliphatic carbocycles. The number of quaternary nitrogens is 1. The van der Waals surface area contributed by atoms with Crippen LogP contribution in [0.15, 0.2) is 146 Å². The minimum atomic E-state index is -4.40. The van der Waals surface area contributed by atoms with E-state index in [9.17, 15) is 19.0 Å². The van der Waals surface area contributed by atoms with E-state index in [4.69, 9.17) is 18.5 Å². The number of rotatable bonds is 60. The fourth-order valence-corrected chi connectivity index (χ4v) is 9.53. The molecule has 0 aromatic carbocycles. The highest BCUT2D eigenvalue weighted by molar-refractivity contribution is 7.47. The van der Waals surface area contributed by atoms with Gasteiger partial charge in [-0.3, -0.25) is 18.6 Å². The second-order valence-corrected chi connectivity index (χ2v) is 24.5. The van der Waals surface area contributed by atoms with Crippen molar-refractivity contribution in [2.75, 3.05) is 47.5 Å². The predicted molar refractivity (Wildman–Crippen MR) is 362 cm³/mol. The molecule has 84 heavy (non-hydrogen) atoms. The van der Waals surface area contributed by atoms with Crippen LogP contribution in [0.1, 0.15) is 258 Å². The van der Waals surface area contributed by atoms with Crippen LogP contribution in [-0.2, 0) is 32.7 Å². The SMILES string of the molecule is CC/C=C\C/C=C\C/C=C\C/C=C\C/C=C\C/C=C\C/C=C\CCCCCCCCCCCC(=O)OC(COC(=O)CCCCCCCCCCCCCCC/C=C\C/C=C\C/C=C\C/C=C\C/C=C\CC)COP(=O)(O)OCC[N+](C)(C)C. The molecule has 10 heteroatoms. The Bertz CT molecular complexity index is 1930. The maximum atomic E-state index is 12.9. The molecule has 0 aliphatic heterocycles. The van der Waals surface area contributed by atoms with Crippen LogP contribution in [0.5, 0.6) is 0 Å². The van der Waals surface area contributed by atoms with Crippen molar-refractivity contribution in [3.8, 4) is 0 Å². The van der Waals surface area contributed by atoms with Crippen LogP contribution in [0.25, 0.3) is 0 Å². The quantitative estimate of drug-likeness (QED) is 0.0211. The highest BCUT2D eigenvalue weighted by Gasteiger charge is 2.27. The van der Waals surface area contributed by atoms with Gasteiger partial charge in [0.1, 0.15) is 19.8 Å². The molecule has 2 unspecified atom stereocenters. The van der Waals surface area contributed by atoms with Crippen LogP contribution < -0.4 is 0 Å². The zero-order valence-electron chi connectivity index (χ0n) is 54.3. The largest absolute Gasteiger partial charge is 0.472 e. The minimum Gasteiger partial charge on any atom is -0.462 e. The number of carbonyl (C=O) groups is 2. The Morgan fingerprint density at radius 3 is 0.952 bits per heavy atom. The number of esters is 2. The van der Waals surface area contributed by atoms with Crippen molar-refractivity contribution in [1.29, 1.82) is 0 Å². The maximum Gasteiger partial charge on any atom is 0.472 e. The molecule has 0 aliphatic rings. The van der Waals surface area contributed by atoms with Crippen LogP contribution in [-0.4, -0.2) is 74.9 Å². The number of nitrogens with zero attached hydrogens (tertiary/aromatic N) is 1. The molecule has 0 radical (unpaired) electrons. The van der Waals surface area contributed by atoms with Gasteiger partial charge in [-0.15, -0.1) is 0 Å². The molecule has 0 saturated carbocycles. The first kappa shape index (κ1) is 79.9. The van der Waals surface area contributed by atoms with Crippen LogP contribution in [0, 0.1) is 0 Å². The van der Waals surface area contributed by atoms with Crippen molar-refractivity contribution in [1.82, 2.24) is 0 Å². The highest BCUT2D eigenvalue weighted by Crippen LogP contribution is 2.43. The first-order chi connectivity index (χ1) is 41.0. The molecule has 2 atom stereocenters. The smallest absolute Gasteiger partial charge is 0.462 e. The average Bonchev–Trinajstić information content (AvgIpc) is 3.61. The van der Waals surface area contributed by atoms with E-state index in [1.807, 2.05) is 21.1 Å². The number of allylic oxidation sites excluding steroid dienone is 24. The topological polar surface area (TPSA) is 108 Å². The van der Waals surface area contributed by atoms with Crippen molar-refractivity contribution >= 4 is 19.8 Å². The summed E-state index contributed by atoms with van der Waals surface area (Å²) in [5.41, 5.74) is 0. The number of carbonyl (C=O) groups excluding carboxylic acids is 2. The number of likely N-dealkylation sites (N-methyl/N-ethyl adjacent to an activating group) is 1. The molecule has 0 spiro atoms. The molecule has 478 valence electrons. The Kier molecular flexibility index (Phi) is 60.3. The lowest BCUT2D eigenvalue weighted by atomic mass is 10.0. The third-order valence-corrected chi connectivity index (χ3v) is 14.8. The average molecular weight is 1190 g/mol. The Morgan fingerprint density at radius 1 is 0.369 bits per heavy atom. The van der Waals surface area contributed by atoms with Crippen molar-refractivity contribution in [3.63, 3.8) is 0 Å². The van der Waals surface area contributed by atoms with Gasteiger partial charge < -0.3 is 18.9 Å². The molecule has 0 fully saturated rings. The first-order valence-electron chi connectivity index (χ1n) is 33.6. The molecular weight excluding hydrogens is 1060 g/mol. The summed E-state index contributed by atoms with van der Waals surface area (Å²) in [6.45, 7) is 4.20. The number of hydrogen-bond donors (Lipinski definition) is 1. The zero-order valence-corrected chi connectivity index (χ0v) is 55.2. The van der Waals surface area contributed by atoms with Crippen LogP contribution in [0.3, 0.4) is 0 Å². The summed E-state index contributed by atoms with van der Waals surface area (Å²) < 4.78 is 34.7. The summed E-state index contributed by atoms with van der Waals surface area (Å²) in [5, 5.41) is 0. The van der Waals surface area contributed by atoms with Gasteiger partial charge in [-0.25, -0.2) is 4.57 Å². The summed E-state index contributed by atoms with van der Waals surface area (Å²) in [6.07, 6.45) is 93.6. The molecule has 0 amide bonds. The summed E-state index contributed by atoms with van der Waals surface area (Å²) in [6, 6.07) is 0. The third-order valence-electron chi connectivity index (χ3n) is 13.9. The number of unbranched alkanes of at least 4 members (excludes halogenated alkanes) is 22. The van der Waals surface area contributed by atoms with Gasteiger partial charge in [-0.05, 0) is 116 Å². The lowest BCUT2D eigenvalue weighted by Crippen LogP contribution is -2.37. The molecule has 1 N–H and O–H groups in total. The maximum absolute atomic E-state index is 12.9. The Morgan fingerprint density at radius 2 is 0.643 bits per heavy atom. The molecular formula is C74H125NO8P+. The molecule has 0 saturated heterocycles. The normalized spacial score (nSPS) is 14.1. The number of phosphoric ester groups is 1. The van der Waals surface area contributed by atoms with Crippen molar-refractivity contribution in [3.05, 3.63) is 146 Å². The van der Waals surface area contributed by atoms with E-state index in [1.165, 1.54) is 103 Å². The molecule has 9 nitrogen and oxygen atoms in total. The Labute approximate surface area is 516 Å². The minimum absolute atomic E-state index is 0.0233. The molecule has 0 aromatic heterocycles. The van der Waals surface area contributed by atoms with Gasteiger partial charge in [-0.1, -0.05) is 275 Å². The van der Waals surface area contributed by atoms with Crippen LogP contribution >= 0.6 is 7.82 Å². The summed E-state index contributed by atoms with van der Waals surface area (Å²) >= 11 is 0. The van der Waals surface area contributed by atoms with E-state index in [2.05, 4.69) is 160 Å². The van der Waals surface area contributed by atoms with E-state index < -0.39 is 26.5 Å². The van der Waals surface area contributed by atoms with E-state index in [-0.39, 0.29) is 32.0 Å². The number of ether oxygens (including phenoxy) is 2. The van der Waals surface area contributed by atoms with E-state index in [1.54, 1.807) is 0 Å². The van der Waals surface area contributed by atoms with Gasteiger partial charge in [0, 0.05) is 12.8 Å². The second kappa shape index (κ2) is 63.4. The van der Waals surface area contributed by atoms with Gasteiger partial charge in [0.15, 0.2) is 6.10 Å². The van der Waals surface area contributed by atoms with Crippen molar-refractivity contribution < 1.29 is 42.1 Å². The van der Waals surface area contributed by atoms with Gasteiger partial charge in [-0.2, -0.15) is 0 Å². The zero-order chi connectivity index (χ0) is 61.2. The summed E-state index contributed by atoms with van der Waals surface area (Å²) in [4.78, 5) is 35.9. The molecule has 0 aromatic rings. The third kappa shape index (κ3) is 67.0. The first-order valence-corrected chi connectivity index (χ1v) is 35.1. The second-order valence-electron chi connectivity index (χ2n) is 23.1. The number of phosphoric acid groups is 1. The van der Waals surface area contributed by atoms with Crippen LogP contribution in [0.4, 0.5) is 0 Å². The van der Waals surface area contributed by atoms with Crippen LogP contribution in [0.2, 0.25) is 0 Å². The standard InChI is InChI=1S/C74H124NO8P/c1-6-8-10-12-14-16-18-20-22-24-26-28-30-32-34-36-37-39-41-43-45-47-49-51-53-55-57-59-61-63-65-67-74(77)83-72(71-82-84(78,79)81-69-68-75(3,4)5)70-80-73(76)66-64-62-60-58-56-54-52-50-48-46-44-42-40-38-35-33-31-29-27-25-23-21-19-17-15-13-11-9-7-2/h8-11,14-17,20-23,26-29,32-35,37,39,43,45,72H,6-7,12-13,18-19,24-25,30-31,36,38,40-42,44,46-71H2,1-5H3/p+1/b10-8-,11-9-,16-14-,17-15-,22-20-,23-21-,28-26-,29-27-,34-32-,35-33-,39-37-,45-43-. The van der Waals surface area contributed by atoms with Gasteiger partial charge in [0.05, 0.1) is 27.7 Å². The molecule has 0 rings (SSSR count). The highest BCUT2D eigenvalue weighted by atomic mass is 31.2. The fourth-order valence-electron chi connectivity index (χ4n) is 8.79. The van der Waals surface area contributed by atoms with Gasteiger partial charge in [0.25, 0.3) is 0 Å². The van der Waals surface area contributed by atoms with Crippen molar-refractivity contribution in [2.45, 2.75) is 264 Å². The van der Waals surface area contributed by atoms with E-state index >= 15 is 0 Å². The monoisotopic (exact) mass is 1190 g/mol. The van der Waals surface area contributed by atoms with Gasteiger partial charge in [0.2, 0.25) is 0 Å². The van der Waals surface area contributed by atoms with Crippen molar-refractivity contribution in [2.24, 2.45) is 0 Å². The molecule has 0 bridgehead atoms. The Hall–Kier alpha value is -4.11. The summed E-state index contributed by atoms with van der Waals surface area (Å²) in [5.74, 6) is -0.811. The lowest BCUT2D eigenvalue weighted by molar-refractivity contribution is -0.870.